The Kier molecular flexibility index (Phi) is 5.60. The highest BCUT2D eigenvalue weighted by Crippen LogP contribution is 2.26. The summed E-state index contributed by atoms with van der Waals surface area (Å²) < 4.78 is 5.99. The predicted molar refractivity (Wildman–Crippen MR) is 95.8 cm³/mol. The lowest BCUT2D eigenvalue weighted by molar-refractivity contribution is -0.126. The molecule has 0 saturated heterocycles. The minimum absolute atomic E-state index is 0.285. The number of carbonyl (C=O) groups is 1. The van der Waals surface area contributed by atoms with Crippen LogP contribution in [0, 0.1) is 19.3 Å². The van der Waals surface area contributed by atoms with Crippen LogP contribution in [0.1, 0.15) is 42.8 Å². The number of aromatic nitrogens is 1. The van der Waals surface area contributed by atoms with E-state index in [2.05, 4.69) is 4.98 Å². The molecule has 2 rings (SSSR count). The number of benzene rings is 1. The van der Waals surface area contributed by atoms with Crippen LogP contribution in [-0.4, -0.2) is 10.9 Å². The molecule has 0 spiro atoms. The summed E-state index contributed by atoms with van der Waals surface area (Å²) in [5.41, 5.74) is 8.96. The van der Waals surface area contributed by atoms with Crippen molar-refractivity contribution in [3.05, 3.63) is 58.9 Å². The van der Waals surface area contributed by atoms with E-state index >= 15 is 0 Å². The molecule has 1 heterocycles. The summed E-state index contributed by atoms with van der Waals surface area (Å²) in [6, 6.07) is 12.0. The Morgan fingerprint density at radius 3 is 2.50 bits per heavy atom. The van der Waals surface area contributed by atoms with Gasteiger partial charge in [0, 0.05) is 28.4 Å². The number of pyridine rings is 1. The largest absolute Gasteiger partial charge is 0.488 e. The number of ether oxygens (including phenoxy) is 1. The van der Waals surface area contributed by atoms with Crippen LogP contribution < -0.4 is 10.5 Å². The van der Waals surface area contributed by atoms with Crippen LogP contribution in [0.4, 0.5) is 0 Å². The van der Waals surface area contributed by atoms with Gasteiger partial charge in [-0.2, -0.15) is 0 Å². The van der Waals surface area contributed by atoms with E-state index in [0.29, 0.717) is 19.4 Å². The molecule has 2 aromatic rings. The van der Waals surface area contributed by atoms with Gasteiger partial charge >= 0.3 is 0 Å². The number of nitrogens with two attached hydrogens (primary N) is 1. The minimum atomic E-state index is -0.536. The summed E-state index contributed by atoms with van der Waals surface area (Å²) in [6.07, 6.45) is 1.36. The maximum atomic E-state index is 11.5. The SMILES string of the molecule is Cc1nc(CCC(C)(C)C(N)=O)cc(OCc2ccccc2)c1C. The van der Waals surface area contributed by atoms with Crippen LogP contribution in [0.15, 0.2) is 36.4 Å². The summed E-state index contributed by atoms with van der Waals surface area (Å²) >= 11 is 0. The number of rotatable bonds is 7. The Morgan fingerprint density at radius 1 is 1.21 bits per heavy atom. The first-order valence-electron chi connectivity index (χ1n) is 8.23. The lowest BCUT2D eigenvalue weighted by Gasteiger charge is -2.20. The van der Waals surface area contributed by atoms with Crippen LogP contribution >= 0.6 is 0 Å². The van der Waals surface area contributed by atoms with Crippen molar-refractivity contribution < 1.29 is 9.53 Å². The van der Waals surface area contributed by atoms with Crippen molar-refractivity contribution in [3.8, 4) is 5.75 Å². The number of hydrogen-bond acceptors (Lipinski definition) is 3. The van der Waals surface area contributed by atoms with Gasteiger partial charge in [0.1, 0.15) is 12.4 Å². The first-order chi connectivity index (χ1) is 11.3. The van der Waals surface area contributed by atoms with Crippen molar-refractivity contribution in [2.75, 3.05) is 0 Å². The van der Waals surface area contributed by atoms with Crippen molar-refractivity contribution in [1.29, 1.82) is 0 Å². The van der Waals surface area contributed by atoms with Gasteiger partial charge in [-0.25, -0.2) is 0 Å². The fourth-order valence-corrected chi connectivity index (χ4v) is 2.35. The van der Waals surface area contributed by atoms with Crippen LogP contribution in [0.2, 0.25) is 0 Å². The van der Waals surface area contributed by atoms with Crippen molar-refractivity contribution in [1.82, 2.24) is 4.98 Å². The van der Waals surface area contributed by atoms with Crippen LogP contribution in [0.3, 0.4) is 0 Å². The van der Waals surface area contributed by atoms with Crippen molar-refractivity contribution in [2.45, 2.75) is 47.1 Å². The van der Waals surface area contributed by atoms with E-state index in [-0.39, 0.29) is 5.91 Å². The molecule has 1 aromatic heterocycles. The molecule has 0 aliphatic carbocycles. The second kappa shape index (κ2) is 7.47. The zero-order chi connectivity index (χ0) is 17.7. The van der Waals surface area contributed by atoms with E-state index < -0.39 is 5.41 Å². The van der Waals surface area contributed by atoms with Gasteiger partial charge in [0.25, 0.3) is 0 Å². The Balaban J connectivity index is 2.11. The highest BCUT2D eigenvalue weighted by atomic mass is 16.5. The van der Waals surface area contributed by atoms with E-state index in [1.54, 1.807) is 0 Å². The molecule has 0 bridgehead atoms. The van der Waals surface area contributed by atoms with Gasteiger partial charge in [-0.15, -0.1) is 0 Å². The van der Waals surface area contributed by atoms with Crippen LogP contribution in [0.5, 0.6) is 5.75 Å². The number of amides is 1. The Labute approximate surface area is 144 Å². The van der Waals surface area contributed by atoms with Crippen molar-refractivity contribution >= 4 is 5.91 Å². The van der Waals surface area contributed by atoms with Gasteiger partial charge in [0.2, 0.25) is 5.91 Å². The average molecular weight is 326 g/mol. The van der Waals surface area contributed by atoms with E-state index in [4.69, 9.17) is 10.5 Å². The number of nitrogens with zero attached hydrogens (tertiary/aromatic N) is 1. The first kappa shape index (κ1) is 18.0. The van der Waals surface area contributed by atoms with E-state index in [9.17, 15) is 4.79 Å². The van der Waals surface area contributed by atoms with Crippen LogP contribution in [0.25, 0.3) is 0 Å². The van der Waals surface area contributed by atoms with Gasteiger partial charge < -0.3 is 10.5 Å². The Bertz CT molecular complexity index is 709. The molecule has 0 aliphatic heterocycles. The van der Waals surface area contributed by atoms with Gasteiger partial charge in [-0.05, 0) is 32.3 Å². The van der Waals surface area contributed by atoms with Gasteiger partial charge in [-0.1, -0.05) is 44.2 Å². The summed E-state index contributed by atoms with van der Waals surface area (Å²) in [4.78, 5) is 16.1. The zero-order valence-corrected chi connectivity index (χ0v) is 14.9. The van der Waals surface area contributed by atoms with E-state index in [1.165, 1.54) is 0 Å². The van der Waals surface area contributed by atoms with E-state index in [0.717, 1.165) is 28.3 Å². The molecular weight excluding hydrogens is 300 g/mol. The third kappa shape index (κ3) is 4.57. The molecule has 2 N–H and O–H groups in total. The fraction of sp³-hybridized carbons (Fsp3) is 0.400. The lowest BCUT2D eigenvalue weighted by Crippen LogP contribution is -2.31. The molecule has 4 nitrogen and oxygen atoms in total. The van der Waals surface area contributed by atoms with E-state index in [1.807, 2.05) is 64.1 Å². The van der Waals surface area contributed by atoms with Crippen LogP contribution in [-0.2, 0) is 17.8 Å². The molecule has 0 saturated carbocycles. The smallest absolute Gasteiger partial charge is 0.223 e. The normalized spacial score (nSPS) is 11.3. The average Bonchev–Trinajstić information content (AvgIpc) is 2.55. The molecule has 0 fully saturated rings. The second-order valence-electron chi connectivity index (χ2n) is 6.84. The number of aryl methyl sites for hydroxylation is 2. The summed E-state index contributed by atoms with van der Waals surface area (Å²) in [7, 11) is 0. The minimum Gasteiger partial charge on any atom is -0.488 e. The summed E-state index contributed by atoms with van der Waals surface area (Å²) in [6.45, 7) is 8.25. The standard InChI is InChI=1S/C20H26N2O2/c1-14-15(2)22-17(10-11-20(3,4)19(21)23)12-18(14)24-13-16-8-6-5-7-9-16/h5-9,12H,10-11,13H2,1-4H3,(H2,21,23). The molecule has 1 amide bonds. The Morgan fingerprint density at radius 2 is 1.88 bits per heavy atom. The van der Waals surface area contributed by atoms with Gasteiger partial charge in [-0.3, -0.25) is 9.78 Å². The zero-order valence-electron chi connectivity index (χ0n) is 14.9. The van der Waals surface area contributed by atoms with Gasteiger partial charge in [0.15, 0.2) is 0 Å². The summed E-state index contributed by atoms with van der Waals surface area (Å²) in [5.74, 6) is 0.560. The maximum Gasteiger partial charge on any atom is 0.223 e. The third-order valence-electron chi connectivity index (χ3n) is 4.43. The molecule has 24 heavy (non-hydrogen) atoms. The lowest BCUT2D eigenvalue weighted by atomic mass is 9.86. The number of primary amides is 1. The molecule has 0 aliphatic rings. The molecule has 128 valence electrons. The highest BCUT2D eigenvalue weighted by molar-refractivity contribution is 5.79. The summed E-state index contributed by atoms with van der Waals surface area (Å²) in [5, 5.41) is 0. The van der Waals surface area contributed by atoms with Crippen molar-refractivity contribution in [2.24, 2.45) is 11.1 Å². The maximum absolute atomic E-state index is 11.5. The number of carbonyl (C=O) groups excluding carboxylic acids is 1. The fourth-order valence-electron chi connectivity index (χ4n) is 2.35. The highest BCUT2D eigenvalue weighted by Gasteiger charge is 2.24. The van der Waals surface area contributed by atoms with Gasteiger partial charge in [0.05, 0.1) is 0 Å². The van der Waals surface area contributed by atoms with Crippen molar-refractivity contribution in [3.63, 3.8) is 0 Å². The molecule has 1 aromatic carbocycles. The molecule has 0 atom stereocenters. The molecule has 0 unspecified atom stereocenters. The molecule has 0 radical (unpaired) electrons. The quantitative estimate of drug-likeness (QED) is 0.843. The topological polar surface area (TPSA) is 65.2 Å². The number of hydrogen-bond donors (Lipinski definition) is 1. The molecular formula is C20H26N2O2. The first-order valence-corrected chi connectivity index (χ1v) is 8.23. The second-order valence-corrected chi connectivity index (χ2v) is 6.84. The Hall–Kier alpha value is -2.36. The molecule has 4 heteroatoms. The predicted octanol–water partition coefficient (Wildman–Crippen LogP) is 3.72. The monoisotopic (exact) mass is 326 g/mol. The third-order valence-corrected chi connectivity index (χ3v) is 4.43.